The average molecular weight is 314 g/mol. The topological polar surface area (TPSA) is 158 Å². The molecule has 10 heteroatoms. The second-order valence-electron chi connectivity index (χ2n) is 4.36. The monoisotopic (exact) mass is 314 g/mol. The molecule has 0 heterocycles. The van der Waals surface area contributed by atoms with Crippen LogP contribution in [0.3, 0.4) is 0 Å². The summed E-state index contributed by atoms with van der Waals surface area (Å²) in [7, 11) is 0. The Morgan fingerprint density at radius 3 is 1.32 bits per heavy atom. The second-order valence-corrected chi connectivity index (χ2v) is 4.36. The SMILES string of the molecule is CC(CCC(=O)O)=NNC(=O)C(=O)NN=C(C)CCC(=O)O. The van der Waals surface area contributed by atoms with Crippen molar-refractivity contribution in [1.82, 2.24) is 10.9 Å². The predicted molar refractivity (Wildman–Crippen MR) is 76.2 cm³/mol. The highest BCUT2D eigenvalue weighted by molar-refractivity contribution is 6.35. The van der Waals surface area contributed by atoms with Gasteiger partial charge in [0, 0.05) is 11.4 Å². The number of carboxylic acids is 2. The van der Waals surface area contributed by atoms with E-state index in [4.69, 9.17) is 10.2 Å². The average Bonchev–Trinajstić information content (AvgIpc) is 2.45. The zero-order chi connectivity index (χ0) is 17.1. The van der Waals surface area contributed by atoms with Gasteiger partial charge in [0.15, 0.2) is 0 Å². The molecule has 0 bridgehead atoms. The van der Waals surface area contributed by atoms with Gasteiger partial charge >= 0.3 is 23.8 Å². The summed E-state index contributed by atoms with van der Waals surface area (Å²) in [4.78, 5) is 43.4. The lowest BCUT2D eigenvalue weighted by Gasteiger charge is -2.02. The number of hydrazone groups is 2. The Labute approximate surface area is 126 Å². The maximum Gasteiger partial charge on any atom is 0.331 e. The Morgan fingerprint density at radius 2 is 1.05 bits per heavy atom. The molecular weight excluding hydrogens is 296 g/mol. The van der Waals surface area contributed by atoms with Crippen molar-refractivity contribution in [3.63, 3.8) is 0 Å². The summed E-state index contributed by atoms with van der Waals surface area (Å²) in [5.41, 5.74) is 4.62. The summed E-state index contributed by atoms with van der Waals surface area (Å²) in [6, 6.07) is 0. The molecule has 4 N–H and O–H groups in total. The number of hydrogen-bond acceptors (Lipinski definition) is 6. The summed E-state index contributed by atoms with van der Waals surface area (Å²) < 4.78 is 0. The molecule has 0 saturated heterocycles. The smallest absolute Gasteiger partial charge is 0.331 e. The molecule has 0 aromatic heterocycles. The van der Waals surface area contributed by atoms with Crippen LogP contribution in [0.15, 0.2) is 10.2 Å². The fraction of sp³-hybridized carbons (Fsp3) is 0.500. The molecule has 0 aliphatic heterocycles. The van der Waals surface area contributed by atoms with E-state index in [0.29, 0.717) is 11.4 Å². The van der Waals surface area contributed by atoms with Gasteiger partial charge in [-0.15, -0.1) is 0 Å². The van der Waals surface area contributed by atoms with Crippen molar-refractivity contribution in [1.29, 1.82) is 0 Å². The molecule has 22 heavy (non-hydrogen) atoms. The number of nitrogens with zero attached hydrogens (tertiary/aromatic N) is 2. The van der Waals surface area contributed by atoms with Crippen LogP contribution in [0.2, 0.25) is 0 Å². The molecule has 0 spiro atoms. The van der Waals surface area contributed by atoms with Gasteiger partial charge in [0.25, 0.3) is 0 Å². The van der Waals surface area contributed by atoms with Crippen LogP contribution >= 0.6 is 0 Å². The van der Waals surface area contributed by atoms with Gasteiger partial charge in [-0.25, -0.2) is 10.9 Å². The zero-order valence-corrected chi connectivity index (χ0v) is 12.3. The van der Waals surface area contributed by atoms with Crippen LogP contribution in [-0.4, -0.2) is 45.4 Å². The van der Waals surface area contributed by atoms with Crippen molar-refractivity contribution in [3.8, 4) is 0 Å². The Bertz CT molecular complexity index is 466. The number of carboxylic acid groups (broad SMARTS) is 2. The maximum atomic E-state index is 11.4. The van der Waals surface area contributed by atoms with Crippen molar-refractivity contribution in [2.75, 3.05) is 0 Å². The number of hydrogen-bond donors (Lipinski definition) is 4. The highest BCUT2D eigenvalue weighted by Crippen LogP contribution is 1.93. The Hall–Kier alpha value is -2.78. The van der Waals surface area contributed by atoms with Crippen LogP contribution in [0, 0.1) is 0 Å². The molecule has 0 radical (unpaired) electrons. The fourth-order valence-electron chi connectivity index (χ4n) is 1.08. The van der Waals surface area contributed by atoms with E-state index < -0.39 is 23.8 Å². The summed E-state index contributed by atoms with van der Waals surface area (Å²) in [5, 5.41) is 24.1. The van der Waals surface area contributed by atoms with Crippen LogP contribution in [0.5, 0.6) is 0 Å². The molecule has 0 rings (SSSR count). The van der Waals surface area contributed by atoms with Crippen molar-refractivity contribution in [3.05, 3.63) is 0 Å². The molecule has 0 fully saturated rings. The van der Waals surface area contributed by atoms with Crippen LogP contribution < -0.4 is 10.9 Å². The number of aliphatic carboxylic acids is 2. The maximum absolute atomic E-state index is 11.4. The van der Waals surface area contributed by atoms with E-state index in [9.17, 15) is 19.2 Å². The molecule has 0 aliphatic rings. The molecule has 0 aromatic rings. The molecule has 2 amide bonds. The lowest BCUT2D eigenvalue weighted by Crippen LogP contribution is -2.36. The van der Waals surface area contributed by atoms with Gasteiger partial charge in [-0.05, 0) is 26.7 Å². The van der Waals surface area contributed by atoms with Gasteiger partial charge in [0.1, 0.15) is 0 Å². The Kier molecular flexibility index (Phi) is 8.75. The minimum atomic E-state index is -1.07. The van der Waals surface area contributed by atoms with Crippen LogP contribution in [0.1, 0.15) is 39.5 Å². The van der Waals surface area contributed by atoms with Crippen LogP contribution in [0.25, 0.3) is 0 Å². The lowest BCUT2D eigenvalue weighted by atomic mass is 10.2. The molecule has 0 aromatic carbocycles. The normalized spacial score (nSPS) is 11.7. The van der Waals surface area contributed by atoms with E-state index >= 15 is 0 Å². The van der Waals surface area contributed by atoms with Crippen molar-refractivity contribution >= 4 is 35.2 Å². The van der Waals surface area contributed by atoms with Gasteiger partial charge in [0.05, 0.1) is 12.8 Å². The van der Waals surface area contributed by atoms with E-state index in [2.05, 4.69) is 10.2 Å². The third-order valence-corrected chi connectivity index (χ3v) is 2.30. The predicted octanol–water partition coefficient (Wildman–Crippen LogP) is -0.300. The lowest BCUT2D eigenvalue weighted by molar-refractivity contribution is -0.139. The van der Waals surface area contributed by atoms with Gasteiger partial charge in [0.2, 0.25) is 0 Å². The third-order valence-electron chi connectivity index (χ3n) is 2.30. The molecule has 0 saturated carbocycles. The molecule has 0 unspecified atom stereocenters. The van der Waals surface area contributed by atoms with E-state index in [1.807, 2.05) is 10.9 Å². The van der Waals surface area contributed by atoms with Crippen molar-refractivity contribution in [2.24, 2.45) is 10.2 Å². The van der Waals surface area contributed by atoms with Gasteiger partial charge in [-0.2, -0.15) is 10.2 Å². The highest BCUT2D eigenvalue weighted by atomic mass is 16.4. The quantitative estimate of drug-likeness (QED) is 0.273. The van der Waals surface area contributed by atoms with Gasteiger partial charge in [-0.1, -0.05) is 0 Å². The first-order chi connectivity index (χ1) is 10.2. The van der Waals surface area contributed by atoms with E-state index in [0.717, 1.165) is 0 Å². The van der Waals surface area contributed by atoms with E-state index in [1.165, 1.54) is 13.8 Å². The zero-order valence-electron chi connectivity index (χ0n) is 12.3. The molecule has 0 atom stereocenters. The number of nitrogens with one attached hydrogen (secondary N) is 2. The summed E-state index contributed by atoms with van der Waals surface area (Å²) in [6.07, 6.45) is 0.0162. The first-order valence-corrected chi connectivity index (χ1v) is 6.32. The fourth-order valence-corrected chi connectivity index (χ4v) is 1.08. The second kappa shape index (κ2) is 10.0. The van der Waals surface area contributed by atoms with E-state index in [-0.39, 0.29) is 25.7 Å². The number of rotatable bonds is 8. The van der Waals surface area contributed by atoms with Gasteiger partial charge in [-0.3, -0.25) is 19.2 Å². The minimum absolute atomic E-state index is 0.134. The Morgan fingerprint density at radius 1 is 0.727 bits per heavy atom. The standard InChI is InChI=1S/C12H18N4O6/c1-7(3-5-9(17)18)13-15-11(21)12(22)16-14-8(2)4-6-10(19)20/h3-6H2,1-2H3,(H,15,21)(H,16,22)(H,17,18)(H,19,20). The summed E-state index contributed by atoms with van der Waals surface area (Å²) >= 11 is 0. The number of amides is 2. The largest absolute Gasteiger partial charge is 0.481 e. The summed E-state index contributed by atoms with van der Waals surface area (Å²) in [5.74, 6) is -4.12. The minimum Gasteiger partial charge on any atom is -0.481 e. The molecule has 10 nitrogen and oxygen atoms in total. The van der Waals surface area contributed by atoms with Crippen LogP contribution in [-0.2, 0) is 19.2 Å². The molecule has 122 valence electrons. The Balaban J connectivity index is 4.24. The third kappa shape index (κ3) is 10.1. The van der Waals surface area contributed by atoms with Crippen molar-refractivity contribution in [2.45, 2.75) is 39.5 Å². The molecular formula is C12H18N4O6. The first-order valence-electron chi connectivity index (χ1n) is 6.32. The van der Waals surface area contributed by atoms with Crippen molar-refractivity contribution < 1.29 is 29.4 Å². The highest BCUT2D eigenvalue weighted by Gasteiger charge is 2.12. The van der Waals surface area contributed by atoms with Crippen LogP contribution in [0.4, 0.5) is 0 Å². The number of carbonyl (C=O) groups excluding carboxylic acids is 2. The van der Waals surface area contributed by atoms with E-state index in [1.54, 1.807) is 0 Å². The molecule has 0 aliphatic carbocycles. The number of carbonyl (C=O) groups is 4. The first kappa shape index (κ1) is 19.2. The van der Waals surface area contributed by atoms with Gasteiger partial charge < -0.3 is 10.2 Å². The summed E-state index contributed by atoms with van der Waals surface area (Å²) in [6.45, 7) is 3.02.